The number of H-pyrrole nitrogens is 1. The molecule has 2 aromatic carbocycles. The number of rotatable bonds is 7. The molecule has 0 spiro atoms. The number of hydrogen-bond acceptors (Lipinski definition) is 4. The predicted molar refractivity (Wildman–Crippen MR) is 135 cm³/mol. The molecule has 0 bridgehead atoms. The van der Waals surface area contributed by atoms with E-state index in [0.717, 1.165) is 37.3 Å². The highest BCUT2D eigenvalue weighted by atomic mass is 19.1. The monoisotopic (exact) mass is 476 g/mol. The summed E-state index contributed by atoms with van der Waals surface area (Å²) < 4.78 is 15.5. The van der Waals surface area contributed by atoms with Crippen molar-refractivity contribution in [1.29, 1.82) is 0 Å². The number of carbonyl (C=O) groups is 1. The summed E-state index contributed by atoms with van der Waals surface area (Å²) in [4.78, 5) is 42.8. The van der Waals surface area contributed by atoms with Crippen LogP contribution in [-0.2, 0) is 6.54 Å². The maximum absolute atomic E-state index is 14.3. The van der Waals surface area contributed by atoms with E-state index in [1.807, 2.05) is 30.3 Å². The Bertz CT molecular complexity index is 1380. The molecule has 1 aliphatic rings. The minimum absolute atomic E-state index is 0.102. The van der Waals surface area contributed by atoms with E-state index in [-0.39, 0.29) is 30.2 Å². The summed E-state index contributed by atoms with van der Waals surface area (Å²) in [6.07, 6.45) is 6.84. The van der Waals surface area contributed by atoms with Gasteiger partial charge in [-0.25, -0.2) is 9.18 Å². The Morgan fingerprint density at radius 2 is 1.91 bits per heavy atom. The van der Waals surface area contributed by atoms with Crippen molar-refractivity contribution < 1.29 is 9.18 Å². The number of aromatic amines is 1. The number of allylic oxidation sites excluding steroid dienone is 1. The molecule has 1 aliphatic carbocycles. The summed E-state index contributed by atoms with van der Waals surface area (Å²) in [5, 5.41) is 0. The van der Waals surface area contributed by atoms with E-state index in [1.165, 1.54) is 27.2 Å². The summed E-state index contributed by atoms with van der Waals surface area (Å²) in [5.74, 6) is -1.18. The van der Waals surface area contributed by atoms with E-state index in [4.69, 9.17) is 5.73 Å². The maximum atomic E-state index is 14.3. The molecule has 0 radical (unpaired) electrons. The number of nitrogen functional groups attached to an aromatic ring is 1. The first-order valence-corrected chi connectivity index (χ1v) is 11.8. The number of aromatic nitrogens is 2. The van der Waals surface area contributed by atoms with Gasteiger partial charge in [0, 0.05) is 12.1 Å². The van der Waals surface area contributed by atoms with Gasteiger partial charge in [-0.15, -0.1) is 0 Å². The summed E-state index contributed by atoms with van der Waals surface area (Å²) in [5.41, 5.74) is 7.38. The highest BCUT2D eigenvalue weighted by Gasteiger charge is 2.26. The van der Waals surface area contributed by atoms with Crippen molar-refractivity contribution in [2.24, 2.45) is 0 Å². The molecule has 3 aromatic rings. The zero-order chi connectivity index (χ0) is 24.9. The van der Waals surface area contributed by atoms with E-state index >= 15 is 0 Å². The number of nitrogens with one attached hydrogen (secondary N) is 1. The molecule has 0 aliphatic heterocycles. The van der Waals surface area contributed by atoms with E-state index in [9.17, 15) is 18.8 Å². The standard InChI is InChI=1S/C27H29FN4O3/c1-18-12-13-21(16-22(18)28)26(34)31(15-14-19-8-4-2-5-9-19)23-24(29)32(27(35)30-25(23)33)17-20-10-6-3-7-11-20/h3,6-8,10-13,16H,2,4-5,9,14-15,17,29H2,1H3,(H,30,33,35). The van der Waals surface area contributed by atoms with Gasteiger partial charge in [-0.2, -0.15) is 0 Å². The van der Waals surface area contributed by atoms with Crippen LogP contribution in [0.1, 0.15) is 53.6 Å². The lowest BCUT2D eigenvalue weighted by molar-refractivity contribution is 0.0986. The number of aryl methyl sites for hydroxylation is 1. The summed E-state index contributed by atoms with van der Waals surface area (Å²) in [6.45, 7) is 1.91. The SMILES string of the molecule is Cc1ccc(C(=O)N(CCC2=CCCCC2)c2c(N)n(Cc3ccccc3)c(=O)[nH]c2=O)cc1F. The van der Waals surface area contributed by atoms with Gasteiger partial charge < -0.3 is 10.6 Å². The van der Waals surface area contributed by atoms with Gasteiger partial charge in [0.15, 0.2) is 5.69 Å². The Hall–Kier alpha value is -3.94. The number of carbonyl (C=O) groups excluding carboxylic acids is 1. The van der Waals surface area contributed by atoms with Crippen molar-refractivity contribution in [2.75, 3.05) is 17.2 Å². The van der Waals surface area contributed by atoms with Crippen molar-refractivity contribution in [1.82, 2.24) is 9.55 Å². The summed E-state index contributed by atoms with van der Waals surface area (Å²) in [6, 6.07) is 13.4. The molecule has 3 N–H and O–H groups in total. The molecule has 4 rings (SSSR count). The van der Waals surface area contributed by atoms with Gasteiger partial charge in [-0.05, 0) is 62.3 Å². The average Bonchev–Trinajstić information content (AvgIpc) is 2.86. The smallest absolute Gasteiger partial charge is 0.330 e. The lowest BCUT2D eigenvalue weighted by Crippen LogP contribution is -2.42. The van der Waals surface area contributed by atoms with Crippen LogP contribution in [0.3, 0.4) is 0 Å². The van der Waals surface area contributed by atoms with Crippen LogP contribution in [-0.4, -0.2) is 22.0 Å². The third-order valence-corrected chi connectivity index (χ3v) is 6.37. The number of amides is 1. The largest absolute Gasteiger partial charge is 0.383 e. The molecule has 0 atom stereocenters. The molecular weight excluding hydrogens is 447 g/mol. The first-order chi connectivity index (χ1) is 16.8. The summed E-state index contributed by atoms with van der Waals surface area (Å²) in [7, 11) is 0. The molecule has 182 valence electrons. The fourth-order valence-corrected chi connectivity index (χ4v) is 4.34. The van der Waals surface area contributed by atoms with Crippen LogP contribution in [0.25, 0.3) is 0 Å². The van der Waals surface area contributed by atoms with Gasteiger partial charge in [0.05, 0.1) is 6.54 Å². The normalized spacial score (nSPS) is 13.4. The first kappa shape index (κ1) is 24.2. The van der Waals surface area contributed by atoms with Gasteiger partial charge in [-0.3, -0.25) is 19.1 Å². The fraction of sp³-hybridized carbons (Fsp3) is 0.296. The lowest BCUT2D eigenvalue weighted by Gasteiger charge is -2.26. The van der Waals surface area contributed by atoms with E-state index < -0.39 is 23.0 Å². The van der Waals surface area contributed by atoms with E-state index in [2.05, 4.69) is 11.1 Å². The van der Waals surface area contributed by atoms with Crippen molar-refractivity contribution in [3.05, 3.63) is 104 Å². The number of benzene rings is 2. The Morgan fingerprint density at radius 3 is 2.60 bits per heavy atom. The predicted octanol–water partition coefficient (Wildman–Crippen LogP) is 4.15. The number of hydrogen-bond donors (Lipinski definition) is 2. The Balaban J connectivity index is 1.78. The Kier molecular flexibility index (Phi) is 7.29. The number of halogens is 1. The summed E-state index contributed by atoms with van der Waals surface area (Å²) >= 11 is 0. The van der Waals surface area contributed by atoms with Crippen LogP contribution < -0.4 is 21.9 Å². The maximum Gasteiger partial charge on any atom is 0.330 e. The lowest BCUT2D eigenvalue weighted by atomic mass is 9.97. The van der Waals surface area contributed by atoms with Crippen LogP contribution >= 0.6 is 0 Å². The zero-order valence-electron chi connectivity index (χ0n) is 19.7. The molecule has 35 heavy (non-hydrogen) atoms. The molecule has 7 nitrogen and oxygen atoms in total. The third-order valence-electron chi connectivity index (χ3n) is 6.37. The molecule has 1 amide bonds. The second-order valence-corrected chi connectivity index (χ2v) is 8.84. The average molecular weight is 477 g/mol. The second-order valence-electron chi connectivity index (χ2n) is 8.84. The molecular formula is C27H29FN4O3. The quantitative estimate of drug-likeness (QED) is 0.500. The van der Waals surface area contributed by atoms with Crippen molar-refractivity contribution in [3.8, 4) is 0 Å². The minimum atomic E-state index is -0.754. The number of nitrogens with two attached hydrogens (primary N) is 1. The van der Waals surface area contributed by atoms with Gasteiger partial charge in [0.1, 0.15) is 11.6 Å². The topological polar surface area (TPSA) is 101 Å². The molecule has 0 saturated carbocycles. The van der Waals surface area contributed by atoms with Gasteiger partial charge in [0.2, 0.25) is 0 Å². The highest BCUT2D eigenvalue weighted by molar-refractivity contribution is 6.07. The first-order valence-electron chi connectivity index (χ1n) is 11.8. The minimum Gasteiger partial charge on any atom is -0.383 e. The van der Waals surface area contributed by atoms with Gasteiger partial charge in [0.25, 0.3) is 11.5 Å². The van der Waals surface area contributed by atoms with Crippen molar-refractivity contribution in [3.63, 3.8) is 0 Å². The molecule has 8 heteroatoms. The van der Waals surface area contributed by atoms with E-state index in [1.54, 1.807) is 6.92 Å². The van der Waals surface area contributed by atoms with Crippen LogP contribution in [0.2, 0.25) is 0 Å². The van der Waals surface area contributed by atoms with Crippen molar-refractivity contribution in [2.45, 2.75) is 45.6 Å². The fourth-order valence-electron chi connectivity index (χ4n) is 4.34. The molecule has 1 heterocycles. The zero-order valence-corrected chi connectivity index (χ0v) is 19.7. The van der Waals surface area contributed by atoms with Crippen molar-refractivity contribution >= 4 is 17.4 Å². The van der Waals surface area contributed by atoms with E-state index in [0.29, 0.717) is 12.0 Å². The molecule has 0 fully saturated rings. The Morgan fingerprint density at radius 1 is 1.14 bits per heavy atom. The number of anilines is 2. The molecule has 0 saturated heterocycles. The van der Waals surface area contributed by atoms with Gasteiger partial charge in [-0.1, -0.05) is 48.0 Å². The highest BCUT2D eigenvalue weighted by Crippen LogP contribution is 2.25. The third kappa shape index (κ3) is 5.42. The van der Waals surface area contributed by atoms with Gasteiger partial charge >= 0.3 is 5.69 Å². The molecule has 1 aromatic heterocycles. The van der Waals surface area contributed by atoms with Crippen LogP contribution in [0, 0.1) is 12.7 Å². The molecule has 0 unspecified atom stereocenters. The van der Waals surface area contributed by atoms with Crippen LogP contribution in [0.15, 0.2) is 69.8 Å². The Labute approximate surface area is 202 Å². The van der Waals surface area contributed by atoms with Crippen LogP contribution in [0.4, 0.5) is 15.9 Å². The van der Waals surface area contributed by atoms with Crippen LogP contribution in [0.5, 0.6) is 0 Å². The number of nitrogens with zero attached hydrogens (tertiary/aromatic N) is 2. The second kappa shape index (κ2) is 10.5.